The first-order valence-electron chi connectivity index (χ1n) is 9.01. The Morgan fingerprint density at radius 1 is 1.11 bits per heavy atom. The van der Waals surface area contributed by atoms with E-state index in [-0.39, 0.29) is 22.4 Å². The first kappa shape index (κ1) is 21.1. The number of nitrogens with zero attached hydrogens (tertiary/aromatic N) is 1. The van der Waals surface area contributed by atoms with Gasteiger partial charge >= 0.3 is 0 Å². The predicted molar refractivity (Wildman–Crippen MR) is 112 cm³/mol. The molecule has 0 unspecified atom stereocenters. The van der Waals surface area contributed by atoms with Crippen LogP contribution in [-0.4, -0.2) is 31.7 Å². The third-order valence-corrected chi connectivity index (χ3v) is 7.34. The van der Waals surface area contributed by atoms with Crippen LogP contribution < -0.4 is 5.32 Å². The standard InChI is InChI=1S/C20H22Cl2N2O3S/c1-13-8-14(2)10-17(9-13)23-20(25)15-4-3-7-24(12-15)28(26,27)19-11-16(21)5-6-18(19)22/h5-6,8-11,15H,3-4,7,12H2,1-2H3,(H,23,25)/t15-/m0/s1. The third kappa shape index (κ3) is 4.69. The average molecular weight is 441 g/mol. The smallest absolute Gasteiger partial charge is 0.244 e. The average Bonchev–Trinajstić information content (AvgIpc) is 2.63. The molecule has 0 aliphatic carbocycles. The molecule has 1 amide bonds. The molecule has 1 aliphatic heterocycles. The summed E-state index contributed by atoms with van der Waals surface area (Å²) in [6.45, 7) is 4.39. The van der Waals surface area contributed by atoms with Crippen LogP contribution in [-0.2, 0) is 14.8 Å². The first-order valence-corrected chi connectivity index (χ1v) is 11.2. The zero-order valence-corrected chi connectivity index (χ0v) is 18.0. The van der Waals surface area contributed by atoms with E-state index in [9.17, 15) is 13.2 Å². The highest BCUT2D eigenvalue weighted by Gasteiger charge is 2.34. The Labute approximate surface area is 175 Å². The van der Waals surface area contributed by atoms with Crippen molar-refractivity contribution in [2.45, 2.75) is 31.6 Å². The summed E-state index contributed by atoms with van der Waals surface area (Å²) in [6.07, 6.45) is 1.23. The lowest BCUT2D eigenvalue weighted by atomic mass is 9.98. The summed E-state index contributed by atoms with van der Waals surface area (Å²) in [7, 11) is -3.83. The van der Waals surface area contributed by atoms with E-state index in [1.807, 2.05) is 32.0 Å². The van der Waals surface area contributed by atoms with Crippen LogP contribution in [0.3, 0.4) is 0 Å². The summed E-state index contributed by atoms with van der Waals surface area (Å²) in [5.74, 6) is -0.607. The molecule has 5 nitrogen and oxygen atoms in total. The number of hydrogen-bond donors (Lipinski definition) is 1. The Hall–Kier alpha value is -1.60. The van der Waals surface area contributed by atoms with Crippen molar-refractivity contribution >= 4 is 44.8 Å². The number of amides is 1. The molecule has 1 aliphatic rings. The van der Waals surface area contributed by atoms with Crippen molar-refractivity contribution in [3.63, 3.8) is 0 Å². The Morgan fingerprint density at radius 3 is 2.46 bits per heavy atom. The molecule has 8 heteroatoms. The highest BCUT2D eigenvalue weighted by Crippen LogP contribution is 2.30. The van der Waals surface area contributed by atoms with E-state index in [1.54, 1.807) is 6.07 Å². The predicted octanol–water partition coefficient (Wildman–Crippen LogP) is 4.65. The molecule has 0 saturated carbocycles. The van der Waals surface area contributed by atoms with Crippen LogP contribution in [0.5, 0.6) is 0 Å². The number of halogens is 2. The van der Waals surface area contributed by atoms with Crippen molar-refractivity contribution < 1.29 is 13.2 Å². The zero-order valence-electron chi connectivity index (χ0n) is 15.7. The number of hydrogen-bond acceptors (Lipinski definition) is 3. The zero-order chi connectivity index (χ0) is 20.5. The molecule has 2 aromatic rings. The fourth-order valence-electron chi connectivity index (χ4n) is 3.48. The van der Waals surface area contributed by atoms with Crippen molar-refractivity contribution in [3.05, 3.63) is 57.6 Å². The largest absolute Gasteiger partial charge is 0.326 e. The lowest BCUT2D eigenvalue weighted by Crippen LogP contribution is -2.43. The van der Waals surface area contributed by atoms with Gasteiger partial charge in [0.2, 0.25) is 15.9 Å². The number of sulfonamides is 1. The van der Waals surface area contributed by atoms with Crippen LogP contribution in [0, 0.1) is 19.8 Å². The Balaban J connectivity index is 1.77. The van der Waals surface area contributed by atoms with Crippen LogP contribution in [0.4, 0.5) is 5.69 Å². The van der Waals surface area contributed by atoms with Gasteiger partial charge in [0.1, 0.15) is 4.90 Å². The molecule has 1 atom stereocenters. The molecule has 1 heterocycles. The summed E-state index contributed by atoms with van der Waals surface area (Å²) in [5.41, 5.74) is 2.83. The molecule has 0 aromatic heterocycles. The van der Waals surface area contributed by atoms with Crippen LogP contribution in [0.25, 0.3) is 0 Å². The van der Waals surface area contributed by atoms with Crippen molar-refractivity contribution in [3.8, 4) is 0 Å². The minimum Gasteiger partial charge on any atom is -0.326 e. The van der Waals surface area contributed by atoms with Crippen LogP contribution >= 0.6 is 23.2 Å². The maximum absolute atomic E-state index is 13.0. The molecule has 2 aromatic carbocycles. The van der Waals surface area contributed by atoms with Gasteiger partial charge in [-0.05, 0) is 68.1 Å². The van der Waals surface area contributed by atoms with Crippen molar-refractivity contribution in [2.24, 2.45) is 5.92 Å². The minimum absolute atomic E-state index is 0.0305. The van der Waals surface area contributed by atoms with Gasteiger partial charge in [0.25, 0.3) is 0 Å². The number of piperidine rings is 1. The van der Waals surface area contributed by atoms with Crippen LogP contribution in [0.2, 0.25) is 10.0 Å². The molecule has 150 valence electrons. The molecule has 1 saturated heterocycles. The minimum atomic E-state index is -3.83. The molecule has 0 bridgehead atoms. The van der Waals surface area contributed by atoms with Crippen molar-refractivity contribution in [1.82, 2.24) is 4.31 Å². The molecule has 3 rings (SSSR count). The SMILES string of the molecule is Cc1cc(C)cc(NC(=O)[C@H]2CCCN(S(=O)(=O)c3cc(Cl)ccc3Cl)C2)c1. The quantitative estimate of drug-likeness (QED) is 0.751. The van der Waals surface area contributed by atoms with Gasteiger partial charge < -0.3 is 5.32 Å². The van der Waals surface area contributed by atoms with Gasteiger partial charge in [-0.15, -0.1) is 0 Å². The van der Waals surface area contributed by atoms with Crippen molar-refractivity contribution in [2.75, 3.05) is 18.4 Å². The summed E-state index contributed by atoms with van der Waals surface area (Å²) in [4.78, 5) is 12.7. The number of benzene rings is 2. The monoisotopic (exact) mass is 440 g/mol. The molecule has 0 radical (unpaired) electrons. The van der Waals surface area contributed by atoms with E-state index in [1.165, 1.54) is 16.4 Å². The second kappa shape index (κ2) is 8.41. The van der Waals surface area contributed by atoms with E-state index in [0.29, 0.717) is 24.4 Å². The van der Waals surface area contributed by atoms with E-state index in [0.717, 1.165) is 16.8 Å². The topological polar surface area (TPSA) is 66.5 Å². The fourth-order valence-corrected chi connectivity index (χ4v) is 5.74. The van der Waals surface area contributed by atoms with Gasteiger partial charge in [-0.25, -0.2) is 8.42 Å². The van der Waals surface area contributed by atoms with E-state index >= 15 is 0 Å². The van der Waals surface area contributed by atoms with Crippen LogP contribution in [0.1, 0.15) is 24.0 Å². The fraction of sp³-hybridized carbons (Fsp3) is 0.350. The normalized spacial score (nSPS) is 18.1. The Morgan fingerprint density at radius 2 is 1.79 bits per heavy atom. The lowest BCUT2D eigenvalue weighted by molar-refractivity contribution is -0.120. The number of carbonyl (C=O) groups excluding carboxylic acids is 1. The maximum Gasteiger partial charge on any atom is 0.244 e. The summed E-state index contributed by atoms with van der Waals surface area (Å²) in [6, 6.07) is 10.2. The van der Waals surface area contributed by atoms with E-state index in [4.69, 9.17) is 23.2 Å². The molecular formula is C20H22Cl2N2O3S. The summed E-state index contributed by atoms with van der Waals surface area (Å²) in [5, 5.41) is 3.33. The van der Waals surface area contributed by atoms with Gasteiger partial charge in [-0.2, -0.15) is 4.31 Å². The van der Waals surface area contributed by atoms with Crippen LogP contribution in [0.15, 0.2) is 41.3 Å². The highest BCUT2D eigenvalue weighted by molar-refractivity contribution is 7.89. The molecule has 28 heavy (non-hydrogen) atoms. The third-order valence-electron chi connectivity index (χ3n) is 4.76. The summed E-state index contributed by atoms with van der Waals surface area (Å²) >= 11 is 12.0. The van der Waals surface area contributed by atoms with Gasteiger partial charge in [0.15, 0.2) is 0 Å². The number of rotatable bonds is 4. The summed E-state index contributed by atoms with van der Waals surface area (Å²) < 4.78 is 27.4. The van der Waals surface area contributed by atoms with Gasteiger partial charge in [0.05, 0.1) is 10.9 Å². The Kier molecular flexibility index (Phi) is 6.34. The molecule has 1 N–H and O–H groups in total. The number of anilines is 1. The number of carbonyl (C=O) groups is 1. The first-order chi connectivity index (χ1) is 13.2. The molecule has 0 spiro atoms. The second-order valence-electron chi connectivity index (χ2n) is 7.14. The van der Waals surface area contributed by atoms with Gasteiger partial charge in [-0.1, -0.05) is 29.3 Å². The second-order valence-corrected chi connectivity index (χ2v) is 9.89. The highest BCUT2D eigenvalue weighted by atomic mass is 35.5. The Bertz CT molecular complexity index is 988. The number of nitrogens with one attached hydrogen (secondary N) is 1. The van der Waals surface area contributed by atoms with Gasteiger partial charge in [-0.3, -0.25) is 4.79 Å². The van der Waals surface area contributed by atoms with Gasteiger partial charge in [0, 0.05) is 23.8 Å². The van der Waals surface area contributed by atoms with E-state index < -0.39 is 15.9 Å². The maximum atomic E-state index is 13.0. The molecular weight excluding hydrogens is 419 g/mol. The van der Waals surface area contributed by atoms with Crippen molar-refractivity contribution in [1.29, 1.82) is 0 Å². The molecule has 1 fully saturated rings. The number of aryl methyl sites for hydroxylation is 2. The van der Waals surface area contributed by atoms with E-state index in [2.05, 4.69) is 5.32 Å². The lowest BCUT2D eigenvalue weighted by Gasteiger charge is -2.31.